The van der Waals surface area contributed by atoms with Crippen LogP contribution < -0.4 is 31.9 Å². The Hall–Kier alpha value is -5.27. The van der Waals surface area contributed by atoms with Crippen LogP contribution in [0.15, 0.2) is 58.4 Å². The second-order valence-corrected chi connectivity index (χ2v) is 13.7. The summed E-state index contributed by atoms with van der Waals surface area (Å²) in [6.45, 7) is 4.29. The molecule has 0 bridgehead atoms. The molecule has 2 amide bonds. The minimum absolute atomic E-state index is 0.0968. The van der Waals surface area contributed by atoms with Gasteiger partial charge in [0.1, 0.15) is 17.5 Å². The van der Waals surface area contributed by atoms with Crippen LogP contribution in [0.4, 0.5) is 16.3 Å². The first-order chi connectivity index (χ1) is 24.1. The molecular weight excluding hydrogens is 658 g/mol. The molecule has 5 aromatic rings. The Balaban J connectivity index is 1.13. The molecule has 2 aromatic carbocycles. The van der Waals surface area contributed by atoms with Gasteiger partial charge in [-0.25, -0.2) is 24.5 Å². The number of carbonyl (C=O) groups excluding carboxylic acids is 1. The second kappa shape index (κ2) is 12.0. The molecular formula is C36H36ClN9O4. The molecule has 1 aliphatic carbocycles. The molecule has 3 aliphatic rings. The van der Waals surface area contributed by atoms with Crippen LogP contribution in [-0.2, 0) is 20.5 Å². The van der Waals surface area contributed by atoms with Crippen LogP contribution >= 0.6 is 11.6 Å². The van der Waals surface area contributed by atoms with Gasteiger partial charge in [-0.05, 0) is 55.0 Å². The van der Waals surface area contributed by atoms with Gasteiger partial charge in [-0.3, -0.25) is 18.8 Å². The molecule has 0 saturated carbocycles. The number of urea groups is 1. The molecule has 2 fully saturated rings. The quantitative estimate of drug-likeness (QED) is 0.238. The van der Waals surface area contributed by atoms with Gasteiger partial charge in [0.25, 0.3) is 5.56 Å². The van der Waals surface area contributed by atoms with Crippen molar-refractivity contribution in [1.82, 2.24) is 39.6 Å². The zero-order valence-electron chi connectivity index (χ0n) is 28.1. The second-order valence-electron chi connectivity index (χ2n) is 13.3. The van der Waals surface area contributed by atoms with Crippen LogP contribution in [0.2, 0.25) is 5.02 Å². The van der Waals surface area contributed by atoms with E-state index in [1.807, 2.05) is 43.3 Å². The summed E-state index contributed by atoms with van der Waals surface area (Å²) in [6.07, 6.45) is 4.07. The number of amides is 2. The van der Waals surface area contributed by atoms with E-state index in [0.29, 0.717) is 23.3 Å². The fourth-order valence-electron chi connectivity index (χ4n) is 7.86. The third kappa shape index (κ3) is 5.02. The maximum Gasteiger partial charge on any atom is 0.332 e. The van der Waals surface area contributed by atoms with E-state index in [9.17, 15) is 14.4 Å². The number of methoxy groups -OCH3 is 1. The number of hydrogen-bond donors (Lipinski definition) is 3. The molecule has 8 rings (SSSR count). The standard InChI is InChI=1S/C36H36ClN9O4/c1-19-21(7-6-10-24(19)41-30-28-31(40-18-39-30)44(2)35(49)45(3)33(28)47)22-8-5-9-23(29(22)37)25-15-20-11-12-26(27(20)32(42-25)50-4)46-14-13-36(17-46)16-38-34(48)43-36/h5-10,15,18,26H,11-14,16-17H2,1-4H3,(H2,38,43,48)(H,39,40,41)/t26-,36-/m0/s1. The van der Waals surface area contributed by atoms with Gasteiger partial charge in [-0.1, -0.05) is 41.9 Å². The summed E-state index contributed by atoms with van der Waals surface area (Å²) in [7, 11) is 4.66. The van der Waals surface area contributed by atoms with Crippen LogP contribution in [0.25, 0.3) is 33.4 Å². The Kier molecular flexibility index (Phi) is 7.64. The van der Waals surface area contributed by atoms with Crippen LogP contribution in [0.5, 0.6) is 5.88 Å². The lowest BCUT2D eigenvalue weighted by Crippen LogP contribution is -2.46. The van der Waals surface area contributed by atoms with Crippen molar-refractivity contribution in [3.63, 3.8) is 0 Å². The highest BCUT2D eigenvalue weighted by Gasteiger charge is 2.46. The van der Waals surface area contributed by atoms with Gasteiger partial charge >= 0.3 is 11.7 Å². The number of benzene rings is 2. The molecule has 2 saturated heterocycles. The van der Waals surface area contributed by atoms with Gasteiger partial charge in [0.15, 0.2) is 5.65 Å². The third-order valence-corrected chi connectivity index (χ3v) is 10.9. The maximum atomic E-state index is 13.1. The highest BCUT2D eigenvalue weighted by atomic mass is 35.5. The molecule has 256 valence electrons. The van der Waals surface area contributed by atoms with Gasteiger partial charge in [-0.15, -0.1) is 0 Å². The molecule has 14 heteroatoms. The first kappa shape index (κ1) is 32.0. The number of carbonyl (C=O) groups is 1. The number of anilines is 2. The molecule has 2 atom stereocenters. The number of rotatable bonds is 6. The monoisotopic (exact) mass is 693 g/mol. The van der Waals surface area contributed by atoms with E-state index >= 15 is 0 Å². The summed E-state index contributed by atoms with van der Waals surface area (Å²) >= 11 is 7.22. The van der Waals surface area contributed by atoms with Crippen molar-refractivity contribution in [1.29, 1.82) is 0 Å². The number of aromatic nitrogens is 5. The number of nitrogens with zero attached hydrogens (tertiary/aromatic N) is 6. The summed E-state index contributed by atoms with van der Waals surface area (Å²) in [5.41, 5.74) is 6.23. The van der Waals surface area contributed by atoms with Crippen molar-refractivity contribution in [2.24, 2.45) is 14.1 Å². The first-order valence-electron chi connectivity index (χ1n) is 16.5. The predicted molar refractivity (Wildman–Crippen MR) is 191 cm³/mol. The van der Waals surface area contributed by atoms with Crippen LogP contribution in [0, 0.1) is 6.92 Å². The summed E-state index contributed by atoms with van der Waals surface area (Å²) < 4.78 is 8.30. The number of ether oxygens (including phenoxy) is 1. The summed E-state index contributed by atoms with van der Waals surface area (Å²) in [5, 5.41) is 10.1. The zero-order chi connectivity index (χ0) is 34.9. The fourth-order valence-corrected chi connectivity index (χ4v) is 8.18. The molecule has 5 heterocycles. The zero-order valence-corrected chi connectivity index (χ0v) is 28.9. The number of pyridine rings is 1. The van der Waals surface area contributed by atoms with Crippen molar-refractivity contribution in [3.8, 4) is 28.3 Å². The number of nitrogens with one attached hydrogen (secondary N) is 3. The average Bonchev–Trinajstić information content (AvgIpc) is 3.84. The van der Waals surface area contributed by atoms with Gasteiger partial charge < -0.3 is 20.7 Å². The number of halogens is 1. The van der Waals surface area contributed by atoms with Gasteiger partial charge in [-0.2, -0.15) is 0 Å². The Morgan fingerprint density at radius 1 is 1.04 bits per heavy atom. The lowest BCUT2D eigenvalue weighted by Gasteiger charge is -2.28. The van der Waals surface area contributed by atoms with Crippen molar-refractivity contribution >= 4 is 40.2 Å². The van der Waals surface area contributed by atoms with E-state index in [0.717, 1.165) is 76.1 Å². The van der Waals surface area contributed by atoms with Crippen molar-refractivity contribution in [2.75, 3.05) is 32.1 Å². The van der Waals surface area contributed by atoms with Gasteiger partial charge in [0, 0.05) is 62.1 Å². The Morgan fingerprint density at radius 2 is 1.82 bits per heavy atom. The molecule has 13 nitrogen and oxygen atoms in total. The van der Waals surface area contributed by atoms with E-state index < -0.39 is 11.2 Å². The van der Waals surface area contributed by atoms with Crippen molar-refractivity contribution in [2.45, 2.75) is 37.8 Å². The Bertz CT molecular complexity index is 2360. The van der Waals surface area contributed by atoms with E-state index in [1.54, 1.807) is 14.2 Å². The maximum absolute atomic E-state index is 13.1. The molecule has 50 heavy (non-hydrogen) atoms. The largest absolute Gasteiger partial charge is 0.481 e. The smallest absolute Gasteiger partial charge is 0.332 e. The minimum Gasteiger partial charge on any atom is -0.481 e. The normalized spacial score (nSPS) is 19.9. The Labute approximate surface area is 292 Å². The SMILES string of the molecule is COc1nc(-c2cccc(-c3cccc(Nc4ncnc5c4c(=O)n(C)c(=O)n5C)c3C)c2Cl)cc2c1[C@@H](N1CC[C@]3(CNC(=O)N3)C1)CC2. The highest BCUT2D eigenvalue weighted by Crippen LogP contribution is 2.46. The van der Waals surface area contributed by atoms with E-state index in [-0.39, 0.29) is 28.6 Å². The number of hydrogen-bond acceptors (Lipinski definition) is 9. The van der Waals surface area contributed by atoms with Crippen LogP contribution in [-0.4, -0.2) is 67.3 Å². The van der Waals surface area contributed by atoms with Crippen LogP contribution in [0.3, 0.4) is 0 Å². The molecule has 1 spiro atoms. The van der Waals surface area contributed by atoms with Crippen molar-refractivity contribution in [3.05, 3.63) is 91.3 Å². The molecule has 3 N–H and O–H groups in total. The molecule has 0 radical (unpaired) electrons. The highest BCUT2D eigenvalue weighted by molar-refractivity contribution is 6.36. The van der Waals surface area contributed by atoms with E-state index in [4.69, 9.17) is 21.3 Å². The average molecular weight is 694 g/mol. The lowest BCUT2D eigenvalue weighted by atomic mass is 9.96. The summed E-state index contributed by atoms with van der Waals surface area (Å²) in [5.74, 6) is 0.895. The minimum atomic E-state index is -0.483. The third-order valence-electron chi connectivity index (χ3n) is 10.5. The first-order valence-corrected chi connectivity index (χ1v) is 16.9. The Morgan fingerprint density at radius 3 is 2.60 bits per heavy atom. The topological polar surface area (TPSA) is 148 Å². The van der Waals surface area contributed by atoms with E-state index in [2.05, 4.69) is 36.9 Å². The molecule has 2 aliphatic heterocycles. The van der Waals surface area contributed by atoms with Crippen molar-refractivity contribution < 1.29 is 9.53 Å². The van der Waals surface area contributed by atoms with E-state index in [1.165, 1.54) is 23.5 Å². The summed E-state index contributed by atoms with van der Waals surface area (Å²) in [6, 6.07) is 13.9. The lowest BCUT2D eigenvalue weighted by molar-refractivity contribution is 0.219. The number of likely N-dealkylation sites (tertiary alicyclic amines) is 1. The molecule has 0 unspecified atom stereocenters. The van der Waals surface area contributed by atoms with Gasteiger partial charge in [0.2, 0.25) is 5.88 Å². The number of fused-ring (bicyclic) bond motifs is 2. The predicted octanol–water partition coefficient (Wildman–Crippen LogP) is 4.21. The fraction of sp³-hybridized carbons (Fsp3) is 0.333. The summed E-state index contributed by atoms with van der Waals surface area (Å²) in [4.78, 5) is 53.6. The number of aryl methyl sites for hydroxylation is 2. The van der Waals surface area contributed by atoms with Gasteiger partial charge in [0.05, 0.1) is 23.4 Å². The van der Waals surface area contributed by atoms with Crippen LogP contribution in [0.1, 0.15) is 35.6 Å². The molecule has 3 aromatic heterocycles.